The second-order valence-corrected chi connectivity index (χ2v) is 1.82. The van der Waals surface area contributed by atoms with Crippen LogP contribution in [0, 0.1) is 0 Å². The maximum absolute atomic E-state index is 12.1. The Morgan fingerprint density at radius 2 is 2.00 bits per heavy atom. The van der Waals surface area contributed by atoms with Gasteiger partial charge in [0.15, 0.2) is 0 Å². The number of hydrogen-bond acceptors (Lipinski definition) is 2. The first-order valence-corrected chi connectivity index (χ1v) is 2.81. The first-order valence-electron chi connectivity index (χ1n) is 2.37. The molecule has 0 saturated carbocycles. The van der Waals surface area contributed by atoms with Gasteiger partial charge in [0.25, 0.3) is 5.91 Å². The Morgan fingerprint density at radius 3 is 2.11 bits per heavy atom. The van der Waals surface area contributed by atoms with Crippen molar-refractivity contribution in [2.45, 2.75) is 13.8 Å². The summed E-state index contributed by atoms with van der Waals surface area (Å²) in [4.78, 5) is 10.5. The van der Waals surface area contributed by atoms with Gasteiger partial charge in [-0.1, -0.05) is 12.8 Å². The van der Waals surface area contributed by atoms with Crippen molar-refractivity contribution in [3.63, 3.8) is 0 Å². The van der Waals surface area contributed by atoms with Gasteiger partial charge in [-0.3, -0.25) is 9.52 Å². The molecule has 0 aliphatic carbocycles. The molecule has 0 atom stereocenters. The molecule has 1 amide bonds. The van der Waals surface area contributed by atoms with Crippen molar-refractivity contribution < 1.29 is 9.18 Å². The first kappa shape index (κ1) is 8.49. The molecule has 0 aliphatic heterocycles. The Labute approximate surface area is 58.7 Å². The van der Waals surface area contributed by atoms with Crippen LogP contribution in [0.15, 0.2) is 11.4 Å². The first-order chi connectivity index (χ1) is 4.09. The number of rotatable bonds is 1. The van der Waals surface area contributed by atoms with E-state index in [1.807, 2.05) is 4.72 Å². The summed E-state index contributed by atoms with van der Waals surface area (Å²) in [6.07, 6.45) is 0. The number of nitrogens with one attached hydrogen (secondary N) is 1. The van der Waals surface area contributed by atoms with E-state index < -0.39 is 11.7 Å². The standard InChI is InChI=1S/C5H8FNOS/c1-3(4(2)6)5(8)7-9/h9H,1-2H3,(H,7,8)/b4-3-. The Morgan fingerprint density at radius 1 is 1.56 bits per heavy atom. The Kier molecular flexibility index (Phi) is 3.30. The molecule has 0 rings (SSSR count). The van der Waals surface area contributed by atoms with Crippen molar-refractivity contribution in [3.05, 3.63) is 11.4 Å². The summed E-state index contributed by atoms with van der Waals surface area (Å²) in [7, 11) is 0. The van der Waals surface area contributed by atoms with Crippen LogP contribution in [-0.2, 0) is 4.79 Å². The van der Waals surface area contributed by atoms with Crippen molar-refractivity contribution >= 4 is 18.7 Å². The minimum Gasteiger partial charge on any atom is -0.299 e. The highest BCUT2D eigenvalue weighted by Crippen LogP contribution is 2.03. The fourth-order valence-corrected chi connectivity index (χ4v) is 0.408. The fourth-order valence-electron chi connectivity index (χ4n) is 0.240. The molecule has 2 nitrogen and oxygen atoms in total. The van der Waals surface area contributed by atoms with E-state index in [-0.39, 0.29) is 5.57 Å². The van der Waals surface area contributed by atoms with E-state index in [1.165, 1.54) is 13.8 Å². The molecular formula is C5H8FNOS. The van der Waals surface area contributed by atoms with E-state index in [1.54, 1.807) is 0 Å². The minimum absolute atomic E-state index is 0.0602. The summed E-state index contributed by atoms with van der Waals surface area (Å²) >= 11 is 3.45. The van der Waals surface area contributed by atoms with Gasteiger partial charge < -0.3 is 0 Å². The monoisotopic (exact) mass is 149 g/mol. The van der Waals surface area contributed by atoms with Crippen LogP contribution < -0.4 is 4.72 Å². The second kappa shape index (κ2) is 3.50. The van der Waals surface area contributed by atoms with Crippen LogP contribution in [0.25, 0.3) is 0 Å². The van der Waals surface area contributed by atoms with Gasteiger partial charge in [-0.2, -0.15) is 0 Å². The van der Waals surface area contributed by atoms with Crippen LogP contribution in [0.2, 0.25) is 0 Å². The van der Waals surface area contributed by atoms with Crippen molar-refractivity contribution in [2.75, 3.05) is 0 Å². The van der Waals surface area contributed by atoms with Crippen molar-refractivity contribution in [2.24, 2.45) is 0 Å². The molecule has 0 spiro atoms. The average molecular weight is 149 g/mol. The molecule has 0 aromatic carbocycles. The molecule has 9 heavy (non-hydrogen) atoms. The molecule has 0 saturated heterocycles. The Balaban J connectivity index is 4.21. The number of allylic oxidation sites excluding steroid dienone is 1. The Hall–Kier alpha value is -0.510. The number of hydrogen-bond donors (Lipinski definition) is 2. The zero-order valence-corrected chi connectivity index (χ0v) is 6.13. The lowest BCUT2D eigenvalue weighted by molar-refractivity contribution is -0.115. The number of amides is 1. The minimum atomic E-state index is -0.502. The zero-order chi connectivity index (χ0) is 7.44. The third-order valence-corrected chi connectivity index (χ3v) is 1.16. The quantitative estimate of drug-likeness (QED) is 0.426. The number of halogens is 1. The molecule has 0 aromatic heterocycles. The molecule has 4 heteroatoms. The van der Waals surface area contributed by atoms with Crippen LogP contribution in [-0.4, -0.2) is 5.91 Å². The highest BCUT2D eigenvalue weighted by Gasteiger charge is 2.03. The zero-order valence-electron chi connectivity index (χ0n) is 5.23. The molecule has 0 fully saturated rings. The molecule has 1 N–H and O–H groups in total. The molecule has 0 unspecified atom stereocenters. The molecule has 0 radical (unpaired) electrons. The van der Waals surface area contributed by atoms with E-state index in [9.17, 15) is 9.18 Å². The number of thiol groups is 1. The van der Waals surface area contributed by atoms with Gasteiger partial charge in [0, 0.05) is 5.57 Å². The molecular weight excluding hydrogens is 141 g/mol. The largest absolute Gasteiger partial charge is 0.299 e. The van der Waals surface area contributed by atoms with Crippen molar-refractivity contribution in [1.29, 1.82) is 0 Å². The number of carbonyl (C=O) groups excluding carboxylic acids is 1. The van der Waals surface area contributed by atoms with Gasteiger partial charge in [-0.15, -0.1) is 0 Å². The third kappa shape index (κ3) is 2.51. The summed E-state index contributed by atoms with van der Waals surface area (Å²) in [5, 5.41) is 0. The summed E-state index contributed by atoms with van der Waals surface area (Å²) in [6, 6.07) is 0. The molecule has 0 aliphatic rings. The average Bonchev–Trinajstić information content (AvgIpc) is 1.84. The van der Waals surface area contributed by atoms with Gasteiger partial charge in [0.1, 0.15) is 5.83 Å². The smallest absolute Gasteiger partial charge is 0.259 e. The predicted octanol–water partition coefficient (Wildman–Crippen LogP) is 1.21. The van der Waals surface area contributed by atoms with Crippen molar-refractivity contribution in [1.82, 2.24) is 4.72 Å². The van der Waals surface area contributed by atoms with Crippen LogP contribution in [0.4, 0.5) is 4.39 Å². The fraction of sp³-hybridized carbons (Fsp3) is 0.400. The van der Waals surface area contributed by atoms with Gasteiger partial charge in [0.2, 0.25) is 0 Å². The summed E-state index contributed by atoms with van der Waals surface area (Å²) in [5.74, 6) is -0.986. The van der Waals surface area contributed by atoms with Gasteiger partial charge >= 0.3 is 0 Å². The molecule has 0 heterocycles. The topological polar surface area (TPSA) is 29.1 Å². The van der Waals surface area contributed by atoms with Gasteiger partial charge in [0.05, 0.1) is 0 Å². The van der Waals surface area contributed by atoms with E-state index in [0.717, 1.165) is 0 Å². The van der Waals surface area contributed by atoms with E-state index in [0.29, 0.717) is 0 Å². The van der Waals surface area contributed by atoms with Crippen LogP contribution in [0.5, 0.6) is 0 Å². The highest BCUT2D eigenvalue weighted by molar-refractivity contribution is 7.78. The summed E-state index contributed by atoms with van der Waals surface area (Å²) in [5.41, 5.74) is 0.0602. The van der Waals surface area contributed by atoms with Crippen LogP contribution >= 0.6 is 12.8 Å². The van der Waals surface area contributed by atoms with E-state index >= 15 is 0 Å². The van der Waals surface area contributed by atoms with Crippen LogP contribution in [0.1, 0.15) is 13.8 Å². The third-order valence-electron chi connectivity index (χ3n) is 0.959. The second-order valence-electron chi connectivity index (χ2n) is 1.60. The Bertz CT molecular complexity index is 151. The van der Waals surface area contributed by atoms with E-state index in [2.05, 4.69) is 12.8 Å². The normalized spacial score (nSPS) is 12.4. The molecule has 0 bridgehead atoms. The summed E-state index contributed by atoms with van der Waals surface area (Å²) in [6.45, 7) is 2.61. The highest BCUT2D eigenvalue weighted by atomic mass is 32.1. The molecule has 0 aromatic rings. The van der Waals surface area contributed by atoms with Gasteiger partial charge in [-0.05, 0) is 13.8 Å². The lowest BCUT2D eigenvalue weighted by Crippen LogP contribution is -2.13. The van der Waals surface area contributed by atoms with E-state index in [4.69, 9.17) is 0 Å². The van der Waals surface area contributed by atoms with Crippen molar-refractivity contribution in [3.8, 4) is 0 Å². The predicted molar refractivity (Wildman–Crippen MR) is 36.6 cm³/mol. The lowest BCUT2D eigenvalue weighted by Gasteiger charge is -1.96. The molecule has 52 valence electrons. The lowest BCUT2D eigenvalue weighted by atomic mass is 10.3. The maximum Gasteiger partial charge on any atom is 0.259 e. The van der Waals surface area contributed by atoms with Crippen LogP contribution in [0.3, 0.4) is 0 Å². The maximum atomic E-state index is 12.1. The van der Waals surface area contributed by atoms with Gasteiger partial charge in [-0.25, -0.2) is 4.39 Å². The summed E-state index contributed by atoms with van der Waals surface area (Å²) < 4.78 is 14.1. The number of carbonyl (C=O) groups is 1. The SMILES string of the molecule is C/C(F)=C(\C)C(=O)NS.